The topological polar surface area (TPSA) is 19.0 Å². The quantitative estimate of drug-likeness (QED) is 0.800. The van der Waals surface area contributed by atoms with Crippen LogP contribution >= 0.6 is 12.2 Å². The molecule has 0 radical (unpaired) electrons. The van der Waals surface area contributed by atoms with Gasteiger partial charge in [0.1, 0.15) is 4.64 Å². The summed E-state index contributed by atoms with van der Waals surface area (Å²) in [5, 5.41) is 0. The van der Waals surface area contributed by atoms with Crippen LogP contribution in [-0.4, -0.2) is 22.5 Å². The maximum Gasteiger partial charge on any atom is 0.103 e. The zero-order chi connectivity index (χ0) is 12.4. The van der Waals surface area contributed by atoms with Gasteiger partial charge < -0.3 is 4.98 Å². The molecule has 1 fully saturated rings. The molecule has 0 aromatic carbocycles. The van der Waals surface area contributed by atoms with E-state index >= 15 is 0 Å². The van der Waals surface area contributed by atoms with Crippen molar-refractivity contribution in [1.29, 1.82) is 0 Å². The molecule has 1 aliphatic heterocycles. The van der Waals surface area contributed by atoms with Crippen LogP contribution in [0.15, 0.2) is 12.3 Å². The fourth-order valence-corrected chi connectivity index (χ4v) is 3.09. The van der Waals surface area contributed by atoms with E-state index in [1.807, 2.05) is 0 Å². The Labute approximate surface area is 109 Å². The van der Waals surface area contributed by atoms with Gasteiger partial charge in [-0.05, 0) is 57.4 Å². The minimum Gasteiger partial charge on any atom is -0.353 e. The fraction of sp³-hybridized carbons (Fsp3) is 0.643. The number of likely N-dealkylation sites (tertiary alicyclic amines) is 1. The lowest BCUT2D eigenvalue weighted by molar-refractivity contribution is 0.111. The van der Waals surface area contributed by atoms with Crippen molar-refractivity contribution in [3.8, 4) is 0 Å². The largest absolute Gasteiger partial charge is 0.353 e. The first kappa shape index (κ1) is 12.8. The normalized spacial score (nSPS) is 22.0. The summed E-state index contributed by atoms with van der Waals surface area (Å²) in [7, 11) is 0. The summed E-state index contributed by atoms with van der Waals surface area (Å²) in [4.78, 5) is 5.80. The van der Waals surface area contributed by atoms with Gasteiger partial charge >= 0.3 is 0 Å². The molecule has 1 aromatic heterocycles. The molecule has 2 nitrogen and oxygen atoms in total. The molecule has 0 spiro atoms. The molecule has 3 heteroatoms. The number of aromatic nitrogens is 1. The van der Waals surface area contributed by atoms with E-state index < -0.39 is 0 Å². The first-order chi connectivity index (χ1) is 8.09. The molecule has 0 bridgehead atoms. The van der Waals surface area contributed by atoms with E-state index in [0.29, 0.717) is 12.1 Å². The Hall–Kier alpha value is -0.670. The second kappa shape index (κ2) is 5.32. The number of H-pyrrole nitrogens is 1. The number of pyridine rings is 1. The lowest BCUT2D eigenvalue weighted by Gasteiger charge is -2.39. The Morgan fingerprint density at radius 3 is 2.82 bits per heavy atom. The van der Waals surface area contributed by atoms with Gasteiger partial charge in [0.25, 0.3) is 0 Å². The molecule has 1 aromatic rings. The number of aromatic amines is 1. The molecule has 2 heterocycles. The highest BCUT2D eigenvalue weighted by atomic mass is 32.1. The van der Waals surface area contributed by atoms with Crippen LogP contribution in [0.25, 0.3) is 0 Å². The standard InChI is InChI=1S/C14H22N2S/c1-10(2)16-7-5-4-6-13(16)12-9-15-14(17)8-11(12)3/h8-10,13H,4-7H2,1-3H3,(H,15,17). The summed E-state index contributed by atoms with van der Waals surface area (Å²) >= 11 is 5.17. The summed E-state index contributed by atoms with van der Waals surface area (Å²) in [6.45, 7) is 7.97. The average molecular weight is 250 g/mol. The third-order valence-electron chi connectivity index (χ3n) is 3.74. The zero-order valence-electron chi connectivity index (χ0n) is 11.0. The number of rotatable bonds is 2. The van der Waals surface area contributed by atoms with Crippen LogP contribution in [0.4, 0.5) is 0 Å². The second-order valence-electron chi connectivity index (χ2n) is 5.28. The molecule has 2 rings (SSSR count). The number of aryl methyl sites for hydroxylation is 1. The minimum atomic E-state index is 0.565. The molecule has 1 N–H and O–H groups in total. The van der Waals surface area contributed by atoms with Crippen molar-refractivity contribution >= 4 is 12.2 Å². The molecule has 1 atom stereocenters. The summed E-state index contributed by atoms with van der Waals surface area (Å²) < 4.78 is 0.832. The molecule has 1 aliphatic rings. The molecule has 17 heavy (non-hydrogen) atoms. The van der Waals surface area contributed by atoms with E-state index in [0.717, 1.165) is 4.64 Å². The van der Waals surface area contributed by atoms with Gasteiger partial charge in [0.15, 0.2) is 0 Å². The number of nitrogens with one attached hydrogen (secondary N) is 1. The Morgan fingerprint density at radius 1 is 1.41 bits per heavy atom. The highest BCUT2D eigenvalue weighted by molar-refractivity contribution is 7.71. The van der Waals surface area contributed by atoms with Gasteiger partial charge in [-0.15, -0.1) is 0 Å². The lowest BCUT2D eigenvalue weighted by Crippen LogP contribution is -2.38. The minimum absolute atomic E-state index is 0.565. The van der Waals surface area contributed by atoms with E-state index in [9.17, 15) is 0 Å². The van der Waals surface area contributed by atoms with E-state index in [1.54, 1.807) is 0 Å². The van der Waals surface area contributed by atoms with Gasteiger partial charge in [0, 0.05) is 18.3 Å². The molecular weight excluding hydrogens is 228 g/mol. The van der Waals surface area contributed by atoms with Crippen molar-refractivity contribution in [1.82, 2.24) is 9.88 Å². The molecule has 0 amide bonds. The number of hydrogen-bond donors (Lipinski definition) is 1. The van der Waals surface area contributed by atoms with Crippen LogP contribution in [0.3, 0.4) is 0 Å². The number of piperidine rings is 1. The predicted octanol–water partition coefficient (Wildman–Crippen LogP) is 3.99. The van der Waals surface area contributed by atoms with Crippen molar-refractivity contribution in [2.24, 2.45) is 0 Å². The molecule has 1 saturated heterocycles. The van der Waals surface area contributed by atoms with Gasteiger partial charge in [0.05, 0.1) is 0 Å². The van der Waals surface area contributed by atoms with Gasteiger partial charge in [-0.3, -0.25) is 4.90 Å². The number of hydrogen-bond acceptors (Lipinski definition) is 2. The Kier molecular flexibility index (Phi) is 4.00. The van der Waals surface area contributed by atoms with Crippen molar-refractivity contribution < 1.29 is 0 Å². The molecule has 1 unspecified atom stereocenters. The fourth-order valence-electron chi connectivity index (χ4n) is 2.85. The number of nitrogens with zero attached hydrogens (tertiary/aromatic N) is 1. The van der Waals surface area contributed by atoms with Crippen molar-refractivity contribution in [2.45, 2.75) is 52.1 Å². The van der Waals surface area contributed by atoms with Gasteiger partial charge in [0.2, 0.25) is 0 Å². The predicted molar refractivity (Wildman–Crippen MR) is 74.8 cm³/mol. The van der Waals surface area contributed by atoms with Gasteiger partial charge in [-0.2, -0.15) is 0 Å². The third-order valence-corrected chi connectivity index (χ3v) is 3.98. The first-order valence-electron chi connectivity index (χ1n) is 6.54. The second-order valence-corrected chi connectivity index (χ2v) is 5.72. The van der Waals surface area contributed by atoms with Crippen LogP contribution in [0.1, 0.15) is 50.3 Å². The van der Waals surface area contributed by atoms with Crippen LogP contribution in [0.2, 0.25) is 0 Å². The highest BCUT2D eigenvalue weighted by Gasteiger charge is 2.26. The van der Waals surface area contributed by atoms with Crippen LogP contribution in [-0.2, 0) is 0 Å². The molecule has 0 aliphatic carbocycles. The smallest absolute Gasteiger partial charge is 0.103 e. The Morgan fingerprint density at radius 2 is 2.18 bits per heavy atom. The van der Waals surface area contributed by atoms with Crippen molar-refractivity contribution in [3.63, 3.8) is 0 Å². The SMILES string of the molecule is Cc1cc(=S)[nH]cc1C1CCCCN1C(C)C. The maximum atomic E-state index is 5.17. The van der Waals surface area contributed by atoms with Crippen LogP contribution in [0, 0.1) is 11.6 Å². The van der Waals surface area contributed by atoms with E-state index in [1.165, 1.54) is 36.9 Å². The van der Waals surface area contributed by atoms with Crippen LogP contribution in [0.5, 0.6) is 0 Å². The summed E-state index contributed by atoms with van der Waals surface area (Å²) in [6.07, 6.45) is 6.05. The first-order valence-corrected chi connectivity index (χ1v) is 6.95. The summed E-state index contributed by atoms with van der Waals surface area (Å²) in [6, 6.07) is 3.26. The summed E-state index contributed by atoms with van der Waals surface area (Å²) in [5.41, 5.74) is 2.75. The van der Waals surface area contributed by atoms with E-state index in [-0.39, 0.29) is 0 Å². The van der Waals surface area contributed by atoms with Crippen LogP contribution < -0.4 is 0 Å². The Bertz CT molecular complexity index is 436. The van der Waals surface area contributed by atoms with E-state index in [2.05, 4.69) is 42.9 Å². The molecule has 94 valence electrons. The lowest BCUT2D eigenvalue weighted by atomic mass is 9.92. The Balaban J connectivity index is 2.32. The maximum absolute atomic E-state index is 5.17. The van der Waals surface area contributed by atoms with E-state index in [4.69, 9.17) is 12.2 Å². The zero-order valence-corrected chi connectivity index (χ0v) is 11.8. The van der Waals surface area contributed by atoms with Gasteiger partial charge in [-0.1, -0.05) is 18.6 Å². The van der Waals surface area contributed by atoms with Crippen molar-refractivity contribution in [2.75, 3.05) is 6.54 Å². The average Bonchev–Trinajstić information content (AvgIpc) is 2.29. The molecular formula is C14H22N2S. The molecule has 0 saturated carbocycles. The summed E-state index contributed by atoms with van der Waals surface area (Å²) in [5.74, 6) is 0. The highest BCUT2D eigenvalue weighted by Crippen LogP contribution is 2.33. The monoisotopic (exact) mass is 250 g/mol. The third kappa shape index (κ3) is 2.78. The van der Waals surface area contributed by atoms with Gasteiger partial charge in [-0.25, -0.2) is 0 Å². The van der Waals surface area contributed by atoms with Crippen molar-refractivity contribution in [3.05, 3.63) is 28.0 Å².